The van der Waals surface area contributed by atoms with Gasteiger partial charge >= 0.3 is 0 Å². The van der Waals surface area contributed by atoms with Crippen LogP contribution in [0, 0.1) is 6.92 Å². The monoisotopic (exact) mass is 391 g/mol. The van der Waals surface area contributed by atoms with Crippen LogP contribution in [-0.2, 0) is 0 Å². The van der Waals surface area contributed by atoms with E-state index in [1.165, 1.54) is 0 Å². The maximum atomic E-state index is 10.8. The molecule has 1 saturated heterocycles. The summed E-state index contributed by atoms with van der Waals surface area (Å²) in [4.78, 5) is 0. The second-order valence-corrected chi connectivity index (χ2v) is 7.89. The number of halogens is 2. The van der Waals surface area contributed by atoms with Crippen molar-refractivity contribution < 1.29 is 5.11 Å². The van der Waals surface area contributed by atoms with E-state index in [4.69, 9.17) is 23.2 Å². The topological polar surface area (TPSA) is 49.9 Å². The van der Waals surface area contributed by atoms with E-state index in [1.807, 2.05) is 41.5 Å². The van der Waals surface area contributed by atoms with Crippen LogP contribution >= 0.6 is 35.0 Å². The van der Waals surface area contributed by atoms with Gasteiger partial charge in [0.15, 0.2) is 5.69 Å². The third-order valence-electron chi connectivity index (χ3n) is 4.28. The fourth-order valence-electron chi connectivity index (χ4n) is 2.91. The van der Waals surface area contributed by atoms with E-state index in [1.54, 1.807) is 18.2 Å². The summed E-state index contributed by atoms with van der Waals surface area (Å²) in [5.41, 5.74) is 3.01. The van der Waals surface area contributed by atoms with Gasteiger partial charge in [-0.15, -0.1) is 10.2 Å². The van der Waals surface area contributed by atoms with Crippen LogP contribution in [0.3, 0.4) is 0 Å². The molecule has 7 heteroatoms. The second-order valence-electron chi connectivity index (χ2n) is 6.03. The van der Waals surface area contributed by atoms with Gasteiger partial charge in [-0.2, -0.15) is 11.8 Å². The second kappa shape index (κ2) is 6.56. The smallest absolute Gasteiger partial charge is 0.221 e. The van der Waals surface area contributed by atoms with E-state index in [9.17, 15) is 5.11 Å². The van der Waals surface area contributed by atoms with Crippen molar-refractivity contribution in [2.24, 2.45) is 10.2 Å². The minimum atomic E-state index is 0.146. The molecule has 4 rings (SSSR count). The van der Waals surface area contributed by atoms with Gasteiger partial charge in [-0.25, -0.2) is 0 Å². The zero-order chi connectivity index (χ0) is 17.6. The first-order valence-electron chi connectivity index (χ1n) is 7.83. The van der Waals surface area contributed by atoms with Crippen molar-refractivity contribution in [1.82, 2.24) is 4.57 Å². The highest BCUT2D eigenvalue weighted by atomic mass is 35.5. The summed E-state index contributed by atoms with van der Waals surface area (Å²) in [5.74, 6) is 2.12. The van der Waals surface area contributed by atoms with Gasteiger partial charge in [0, 0.05) is 16.9 Å². The summed E-state index contributed by atoms with van der Waals surface area (Å²) < 4.78 is 1.96. The predicted molar refractivity (Wildman–Crippen MR) is 105 cm³/mol. The Kier molecular flexibility index (Phi) is 4.40. The van der Waals surface area contributed by atoms with Crippen LogP contribution in [0.1, 0.15) is 11.6 Å². The quantitative estimate of drug-likeness (QED) is 0.507. The Labute approximate surface area is 159 Å². The zero-order valence-corrected chi connectivity index (χ0v) is 15.7. The molecule has 4 nitrogen and oxygen atoms in total. The summed E-state index contributed by atoms with van der Waals surface area (Å²) in [5, 5.41) is 21.0. The molecule has 0 aliphatic carbocycles. The molecular formula is C18H15Cl2N3OS. The minimum Gasteiger partial charge on any atom is -0.493 e. The lowest BCUT2D eigenvalue weighted by molar-refractivity contribution is 0.406. The van der Waals surface area contributed by atoms with E-state index in [2.05, 4.69) is 10.2 Å². The largest absolute Gasteiger partial charge is 0.493 e. The number of azo groups is 1. The Balaban J connectivity index is 1.86. The SMILES string of the molecule is Cc1ccc2c(c1)c(N=Nc1cccc(Cl)c1Cl)c(O)n2C1CSC1. The molecule has 1 N–H and O–H groups in total. The number of hydrogen-bond acceptors (Lipinski definition) is 4. The van der Waals surface area contributed by atoms with Gasteiger partial charge in [-0.05, 0) is 31.2 Å². The van der Waals surface area contributed by atoms with Crippen molar-refractivity contribution in [2.75, 3.05) is 11.5 Å². The van der Waals surface area contributed by atoms with E-state index in [0.717, 1.165) is 28.0 Å². The standard InChI is InChI=1S/C18H15Cl2N3OS/c1-10-5-6-15-12(7-10)17(18(24)23(15)11-8-25-9-11)22-21-14-4-2-3-13(19)16(14)20/h2-7,11,24H,8-9H2,1H3. The molecule has 3 aromatic rings. The first-order valence-corrected chi connectivity index (χ1v) is 9.74. The van der Waals surface area contributed by atoms with E-state index in [0.29, 0.717) is 21.4 Å². The highest BCUT2D eigenvalue weighted by Gasteiger charge is 2.27. The molecule has 1 aliphatic heterocycles. The lowest BCUT2D eigenvalue weighted by atomic mass is 10.1. The number of aryl methyl sites for hydroxylation is 1. The van der Waals surface area contributed by atoms with Crippen molar-refractivity contribution in [2.45, 2.75) is 13.0 Å². The molecule has 1 aromatic heterocycles. The molecular weight excluding hydrogens is 377 g/mol. The van der Waals surface area contributed by atoms with Gasteiger partial charge in [0.2, 0.25) is 5.88 Å². The van der Waals surface area contributed by atoms with Gasteiger partial charge in [-0.3, -0.25) is 0 Å². The van der Waals surface area contributed by atoms with Crippen LogP contribution < -0.4 is 0 Å². The number of hydrogen-bond donors (Lipinski definition) is 1. The summed E-state index contributed by atoms with van der Waals surface area (Å²) >= 11 is 14.1. The van der Waals surface area contributed by atoms with Crippen molar-refractivity contribution in [3.05, 3.63) is 52.0 Å². The van der Waals surface area contributed by atoms with Crippen molar-refractivity contribution in [3.8, 4) is 5.88 Å². The van der Waals surface area contributed by atoms with Gasteiger partial charge < -0.3 is 9.67 Å². The van der Waals surface area contributed by atoms with Crippen molar-refractivity contribution >= 4 is 57.2 Å². The Morgan fingerprint density at radius 3 is 2.68 bits per heavy atom. The summed E-state index contributed by atoms with van der Waals surface area (Å²) in [6.07, 6.45) is 0. The number of aromatic nitrogens is 1. The number of aromatic hydroxyl groups is 1. The number of rotatable bonds is 3. The molecule has 1 fully saturated rings. The first-order chi connectivity index (χ1) is 12.1. The van der Waals surface area contributed by atoms with Gasteiger partial charge in [0.1, 0.15) is 5.69 Å². The van der Waals surface area contributed by atoms with Gasteiger partial charge in [0.25, 0.3) is 0 Å². The predicted octanol–water partition coefficient (Wildman–Crippen LogP) is 6.67. The normalized spacial score (nSPS) is 15.2. The highest BCUT2D eigenvalue weighted by molar-refractivity contribution is 8.00. The lowest BCUT2D eigenvalue weighted by Crippen LogP contribution is -2.22. The number of fused-ring (bicyclic) bond motifs is 1. The molecule has 25 heavy (non-hydrogen) atoms. The molecule has 0 bridgehead atoms. The molecule has 0 saturated carbocycles. The fourth-order valence-corrected chi connectivity index (χ4v) is 3.99. The van der Waals surface area contributed by atoms with Crippen molar-refractivity contribution in [3.63, 3.8) is 0 Å². The van der Waals surface area contributed by atoms with Crippen LogP contribution in [0.5, 0.6) is 5.88 Å². The van der Waals surface area contributed by atoms with Gasteiger partial charge in [-0.1, -0.05) is 40.9 Å². The number of benzene rings is 2. The third-order valence-corrected chi connectivity index (χ3v) is 6.33. The highest BCUT2D eigenvalue weighted by Crippen LogP contribution is 2.45. The zero-order valence-electron chi connectivity index (χ0n) is 13.4. The number of nitrogens with zero attached hydrogens (tertiary/aromatic N) is 3. The molecule has 0 unspecified atom stereocenters. The average Bonchev–Trinajstić information content (AvgIpc) is 2.80. The van der Waals surface area contributed by atoms with E-state index >= 15 is 0 Å². The Morgan fingerprint density at radius 1 is 1.16 bits per heavy atom. The molecule has 0 amide bonds. The first kappa shape index (κ1) is 16.8. The Bertz CT molecular complexity index is 996. The molecule has 2 heterocycles. The summed E-state index contributed by atoms with van der Waals surface area (Å²) in [6, 6.07) is 11.6. The average molecular weight is 392 g/mol. The van der Waals surface area contributed by atoms with Crippen LogP contribution in [0.15, 0.2) is 46.6 Å². The van der Waals surface area contributed by atoms with E-state index < -0.39 is 0 Å². The molecule has 0 spiro atoms. The molecule has 0 atom stereocenters. The summed E-state index contributed by atoms with van der Waals surface area (Å²) in [7, 11) is 0. The molecule has 128 valence electrons. The lowest BCUT2D eigenvalue weighted by Gasteiger charge is -2.27. The van der Waals surface area contributed by atoms with Crippen LogP contribution in [0.2, 0.25) is 10.0 Å². The van der Waals surface area contributed by atoms with Crippen molar-refractivity contribution in [1.29, 1.82) is 0 Å². The molecule has 2 aromatic carbocycles. The molecule has 1 aliphatic rings. The van der Waals surface area contributed by atoms with E-state index in [-0.39, 0.29) is 11.9 Å². The minimum absolute atomic E-state index is 0.146. The van der Waals surface area contributed by atoms with Gasteiger partial charge in [0.05, 0.1) is 21.6 Å². The Morgan fingerprint density at radius 2 is 1.96 bits per heavy atom. The molecule has 0 radical (unpaired) electrons. The van der Waals surface area contributed by atoms with Crippen LogP contribution in [-0.4, -0.2) is 21.2 Å². The fraction of sp³-hybridized carbons (Fsp3) is 0.222. The maximum absolute atomic E-state index is 10.8. The summed E-state index contributed by atoms with van der Waals surface area (Å²) in [6.45, 7) is 2.02. The third kappa shape index (κ3) is 2.90. The number of thioether (sulfide) groups is 1. The van der Waals surface area contributed by atoms with Crippen LogP contribution in [0.4, 0.5) is 11.4 Å². The van der Waals surface area contributed by atoms with Crippen LogP contribution in [0.25, 0.3) is 10.9 Å². The maximum Gasteiger partial charge on any atom is 0.221 e. The Hall–Kier alpha value is -1.69.